The Morgan fingerprint density at radius 2 is 1.89 bits per heavy atom. The molecule has 1 aliphatic rings. The Balaban J connectivity index is 1.69. The second-order valence-corrected chi connectivity index (χ2v) is 8.94. The fraction of sp³-hybridized carbons (Fsp3) is 0.241. The van der Waals surface area contributed by atoms with Crippen LogP contribution in [-0.4, -0.2) is 19.7 Å². The number of allylic oxidation sites excluding steroid dienone is 1. The second kappa shape index (κ2) is 10.4. The third-order valence-corrected chi connectivity index (χ3v) is 5.86. The standard InChI is InChI=1S/C29H28N2O5/c1-17(2)16-34-24-12-9-19(13-26(24)33-4)27-22-11-10-20(14-25(22)36-28(31)23(27)15-30)35-29(32)21-8-6-5-7-18(21)3/h5-14,17,27H,16,31H2,1-4H3. The summed E-state index contributed by atoms with van der Waals surface area (Å²) in [5.41, 5.74) is 9.23. The monoisotopic (exact) mass is 484 g/mol. The van der Waals surface area contributed by atoms with Crippen molar-refractivity contribution >= 4 is 5.97 Å². The number of benzene rings is 3. The molecule has 1 heterocycles. The molecule has 3 aromatic rings. The minimum Gasteiger partial charge on any atom is -0.493 e. The number of fused-ring (bicyclic) bond motifs is 1. The molecule has 2 N–H and O–H groups in total. The lowest BCUT2D eigenvalue weighted by Crippen LogP contribution is -2.21. The van der Waals surface area contributed by atoms with Crippen molar-refractivity contribution in [1.29, 1.82) is 5.26 Å². The topological polar surface area (TPSA) is 104 Å². The van der Waals surface area contributed by atoms with Gasteiger partial charge < -0.3 is 24.7 Å². The highest BCUT2D eigenvalue weighted by Crippen LogP contribution is 2.45. The lowest BCUT2D eigenvalue weighted by Gasteiger charge is -2.27. The summed E-state index contributed by atoms with van der Waals surface area (Å²) in [6.07, 6.45) is 0. The number of esters is 1. The molecule has 1 atom stereocenters. The van der Waals surface area contributed by atoms with Gasteiger partial charge in [0.1, 0.15) is 23.1 Å². The van der Waals surface area contributed by atoms with Gasteiger partial charge in [-0.3, -0.25) is 0 Å². The summed E-state index contributed by atoms with van der Waals surface area (Å²) in [5, 5.41) is 9.88. The number of nitrogens with two attached hydrogens (primary N) is 1. The molecule has 1 aliphatic heterocycles. The highest BCUT2D eigenvalue weighted by atomic mass is 16.5. The average molecular weight is 485 g/mol. The van der Waals surface area contributed by atoms with E-state index in [1.807, 2.05) is 37.3 Å². The first-order valence-electron chi connectivity index (χ1n) is 11.6. The number of carbonyl (C=O) groups excluding carboxylic acids is 1. The van der Waals surface area contributed by atoms with Crippen LogP contribution in [0.15, 0.2) is 72.1 Å². The zero-order chi connectivity index (χ0) is 25.8. The van der Waals surface area contributed by atoms with Crippen LogP contribution in [0.2, 0.25) is 0 Å². The molecule has 1 unspecified atom stereocenters. The molecule has 184 valence electrons. The summed E-state index contributed by atoms with van der Waals surface area (Å²) < 4.78 is 22.8. The van der Waals surface area contributed by atoms with Crippen molar-refractivity contribution < 1.29 is 23.7 Å². The van der Waals surface area contributed by atoms with E-state index in [4.69, 9.17) is 24.7 Å². The van der Waals surface area contributed by atoms with Crippen LogP contribution < -0.4 is 24.7 Å². The SMILES string of the molecule is COc1cc(C2C(C#N)=C(N)Oc3cc(OC(=O)c4ccccc4C)ccc32)ccc1OCC(C)C. The Morgan fingerprint density at radius 1 is 1.11 bits per heavy atom. The predicted octanol–water partition coefficient (Wildman–Crippen LogP) is 5.48. The molecular formula is C29H28N2O5. The average Bonchev–Trinajstić information content (AvgIpc) is 2.86. The molecule has 7 heteroatoms. The zero-order valence-electron chi connectivity index (χ0n) is 20.7. The first-order chi connectivity index (χ1) is 17.3. The Morgan fingerprint density at radius 3 is 2.58 bits per heavy atom. The van der Waals surface area contributed by atoms with E-state index in [1.54, 1.807) is 37.4 Å². The molecule has 0 fully saturated rings. The molecule has 36 heavy (non-hydrogen) atoms. The lowest BCUT2D eigenvalue weighted by atomic mass is 9.83. The van der Waals surface area contributed by atoms with Gasteiger partial charge in [0.25, 0.3) is 0 Å². The fourth-order valence-corrected chi connectivity index (χ4v) is 4.05. The van der Waals surface area contributed by atoms with Crippen LogP contribution in [0.25, 0.3) is 0 Å². The third kappa shape index (κ3) is 4.98. The van der Waals surface area contributed by atoms with Crippen molar-refractivity contribution in [3.8, 4) is 29.1 Å². The van der Waals surface area contributed by atoms with Crippen LogP contribution in [0, 0.1) is 24.2 Å². The van der Waals surface area contributed by atoms with E-state index in [0.717, 1.165) is 11.1 Å². The lowest BCUT2D eigenvalue weighted by molar-refractivity contribution is 0.0733. The smallest absolute Gasteiger partial charge is 0.343 e. The number of nitrogens with zero attached hydrogens (tertiary/aromatic N) is 1. The Kier molecular flexibility index (Phi) is 7.16. The summed E-state index contributed by atoms with van der Waals surface area (Å²) in [6, 6.07) is 20.0. The summed E-state index contributed by atoms with van der Waals surface area (Å²) >= 11 is 0. The quantitative estimate of drug-likeness (QED) is 0.350. The van der Waals surface area contributed by atoms with Gasteiger partial charge in [0.05, 0.1) is 25.2 Å². The number of carbonyl (C=O) groups is 1. The van der Waals surface area contributed by atoms with E-state index in [-0.39, 0.29) is 11.5 Å². The molecule has 0 aliphatic carbocycles. The predicted molar refractivity (Wildman–Crippen MR) is 135 cm³/mol. The highest BCUT2D eigenvalue weighted by Gasteiger charge is 2.32. The van der Waals surface area contributed by atoms with E-state index in [2.05, 4.69) is 19.9 Å². The van der Waals surface area contributed by atoms with Gasteiger partial charge in [-0.25, -0.2) is 4.79 Å². The highest BCUT2D eigenvalue weighted by molar-refractivity contribution is 5.92. The van der Waals surface area contributed by atoms with Crippen molar-refractivity contribution in [1.82, 2.24) is 0 Å². The molecule has 0 radical (unpaired) electrons. The fourth-order valence-electron chi connectivity index (χ4n) is 4.05. The molecular weight excluding hydrogens is 456 g/mol. The van der Waals surface area contributed by atoms with Gasteiger partial charge >= 0.3 is 5.97 Å². The summed E-state index contributed by atoms with van der Waals surface area (Å²) in [7, 11) is 1.57. The van der Waals surface area contributed by atoms with Crippen LogP contribution >= 0.6 is 0 Å². The minimum absolute atomic E-state index is 0.00326. The normalized spacial score (nSPS) is 14.5. The van der Waals surface area contributed by atoms with Crippen LogP contribution in [0.3, 0.4) is 0 Å². The first-order valence-corrected chi connectivity index (χ1v) is 11.6. The molecule has 0 saturated carbocycles. The maximum absolute atomic E-state index is 12.7. The van der Waals surface area contributed by atoms with Crippen LogP contribution in [0.4, 0.5) is 0 Å². The summed E-state index contributed by atoms with van der Waals surface area (Å²) in [6.45, 7) is 6.54. The summed E-state index contributed by atoms with van der Waals surface area (Å²) in [4.78, 5) is 12.7. The number of methoxy groups -OCH3 is 1. The van der Waals surface area contributed by atoms with E-state index >= 15 is 0 Å². The number of ether oxygens (including phenoxy) is 4. The molecule has 0 aromatic heterocycles. The van der Waals surface area contributed by atoms with Gasteiger partial charge in [-0.2, -0.15) is 5.26 Å². The summed E-state index contributed by atoms with van der Waals surface area (Å²) in [5.74, 6) is 1.29. The van der Waals surface area contributed by atoms with Gasteiger partial charge in [0, 0.05) is 11.6 Å². The Bertz CT molecular complexity index is 1370. The van der Waals surface area contributed by atoms with Crippen LogP contribution in [0.1, 0.15) is 46.8 Å². The van der Waals surface area contributed by atoms with Crippen molar-refractivity contribution in [3.05, 3.63) is 94.4 Å². The number of rotatable bonds is 7. The van der Waals surface area contributed by atoms with Crippen molar-refractivity contribution in [2.75, 3.05) is 13.7 Å². The van der Waals surface area contributed by atoms with Gasteiger partial charge in [0.2, 0.25) is 5.88 Å². The van der Waals surface area contributed by atoms with Gasteiger partial charge in [-0.15, -0.1) is 0 Å². The number of hydrogen-bond donors (Lipinski definition) is 1. The van der Waals surface area contributed by atoms with Crippen LogP contribution in [0.5, 0.6) is 23.0 Å². The molecule has 0 bridgehead atoms. The maximum atomic E-state index is 12.7. The molecule has 0 spiro atoms. The number of nitriles is 1. The molecule has 7 nitrogen and oxygen atoms in total. The van der Waals surface area contributed by atoms with Crippen molar-refractivity contribution in [3.63, 3.8) is 0 Å². The Hall–Kier alpha value is -4.44. The van der Waals surface area contributed by atoms with E-state index < -0.39 is 11.9 Å². The third-order valence-electron chi connectivity index (χ3n) is 5.86. The maximum Gasteiger partial charge on any atom is 0.343 e. The van der Waals surface area contributed by atoms with Gasteiger partial charge in [-0.1, -0.05) is 44.2 Å². The largest absolute Gasteiger partial charge is 0.493 e. The van der Waals surface area contributed by atoms with E-state index in [9.17, 15) is 10.1 Å². The zero-order valence-corrected chi connectivity index (χ0v) is 20.7. The van der Waals surface area contributed by atoms with Gasteiger partial charge in [-0.05, 0) is 48.2 Å². The first kappa shape index (κ1) is 24.7. The molecule has 3 aromatic carbocycles. The molecule has 0 amide bonds. The minimum atomic E-state index is -0.493. The van der Waals surface area contributed by atoms with Gasteiger partial charge in [0.15, 0.2) is 11.5 Å². The second-order valence-electron chi connectivity index (χ2n) is 8.94. The van der Waals surface area contributed by atoms with E-state index in [1.165, 1.54) is 0 Å². The van der Waals surface area contributed by atoms with Crippen molar-refractivity contribution in [2.24, 2.45) is 11.7 Å². The van der Waals surface area contributed by atoms with Crippen molar-refractivity contribution in [2.45, 2.75) is 26.7 Å². The number of hydrogen-bond acceptors (Lipinski definition) is 7. The molecule has 0 saturated heterocycles. The Labute approximate surface area is 210 Å². The van der Waals surface area contributed by atoms with Crippen LogP contribution in [-0.2, 0) is 0 Å². The van der Waals surface area contributed by atoms with E-state index in [0.29, 0.717) is 46.6 Å². The number of aryl methyl sites for hydroxylation is 1. The molecule has 4 rings (SSSR count).